The second kappa shape index (κ2) is 3.55. The van der Waals surface area contributed by atoms with E-state index in [2.05, 4.69) is 4.99 Å². The number of likely N-dealkylation sites (N-methyl/N-ethyl adjacent to an activating group) is 1. The molecule has 0 radical (unpaired) electrons. The Balaban J connectivity index is 2.45. The van der Waals surface area contributed by atoms with E-state index >= 15 is 0 Å². The predicted molar refractivity (Wildman–Crippen MR) is 53.9 cm³/mol. The van der Waals surface area contributed by atoms with Gasteiger partial charge in [-0.15, -0.1) is 0 Å². The summed E-state index contributed by atoms with van der Waals surface area (Å²) in [4.78, 5) is 16.0. The maximum atomic E-state index is 13.0. The Labute approximate surface area is 90.4 Å². The summed E-state index contributed by atoms with van der Waals surface area (Å²) in [6, 6.07) is 1.80. The number of nitrogens with two attached hydrogens (primary N) is 1. The highest BCUT2D eigenvalue weighted by atomic mass is 19.1. The van der Waals surface area contributed by atoms with Crippen molar-refractivity contribution >= 4 is 11.9 Å². The summed E-state index contributed by atoms with van der Waals surface area (Å²) >= 11 is 0. The average Bonchev–Trinajstić information content (AvgIpc) is 2.39. The number of hydrogen-bond donors (Lipinski definition) is 1. The second-order valence-electron chi connectivity index (χ2n) is 3.54. The van der Waals surface area contributed by atoms with Crippen LogP contribution in [0.2, 0.25) is 0 Å². The van der Waals surface area contributed by atoms with E-state index in [-0.39, 0.29) is 11.4 Å². The minimum atomic E-state index is -0.712. The fraction of sp³-hybridized carbons (Fsp3) is 0.200. The van der Waals surface area contributed by atoms with Crippen LogP contribution in [-0.2, 0) is 0 Å². The summed E-state index contributed by atoms with van der Waals surface area (Å²) in [5, 5.41) is 0. The largest absolute Gasteiger partial charge is 0.385 e. The van der Waals surface area contributed by atoms with Crippen molar-refractivity contribution in [3.05, 3.63) is 35.4 Å². The number of amides is 2. The molecule has 0 saturated carbocycles. The molecule has 84 valence electrons. The van der Waals surface area contributed by atoms with Crippen LogP contribution in [0.1, 0.15) is 11.6 Å². The van der Waals surface area contributed by atoms with Gasteiger partial charge in [-0.1, -0.05) is 0 Å². The van der Waals surface area contributed by atoms with Gasteiger partial charge in [0, 0.05) is 13.1 Å². The smallest absolute Gasteiger partial charge is 0.345 e. The molecule has 0 aromatic heterocycles. The Kier molecular flexibility index (Phi) is 2.34. The molecule has 0 bridgehead atoms. The summed E-state index contributed by atoms with van der Waals surface area (Å²) in [7, 11) is 1.47. The van der Waals surface area contributed by atoms with Crippen LogP contribution in [0.3, 0.4) is 0 Å². The summed E-state index contributed by atoms with van der Waals surface area (Å²) < 4.78 is 26.0. The highest BCUT2D eigenvalue weighted by Gasteiger charge is 2.32. The number of halogens is 2. The predicted octanol–water partition coefficient (Wildman–Crippen LogP) is 1.43. The maximum Gasteiger partial charge on any atom is 0.345 e. The Morgan fingerprint density at radius 3 is 2.31 bits per heavy atom. The second-order valence-corrected chi connectivity index (χ2v) is 3.54. The van der Waals surface area contributed by atoms with Crippen LogP contribution in [0.4, 0.5) is 13.6 Å². The first kappa shape index (κ1) is 10.5. The molecule has 4 nitrogen and oxygen atoms in total. The number of carbonyl (C=O) groups excluding carboxylic acids is 1. The third kappa shape index (κ3) is 1.62. The number of benzene rings is 1. The molecule has 6 heteroatoms. The van der Waals surface area contributed by atoms with Crippen LogP contribution in [0, 0.1) is 11.6 Å². The molecule has 16 heavy (non-hydrogen) atoms. The van der Waals surface area contributed by atoms with E-state index in [0.29, 0.717) is 0 Å². The van der Waals surface area contributed by atoms with Crippen LogP contribution in [0.25, 0.3) is 0 Å². The van der Waals surface area contributed by atoms with Gasteiger partial charge in [-0.05, 0) is 17.7 Å². The van der Waals surface area contributed by atoms with Crippen molar-refractivity contribution in [2.75, 3.05) is 7.05 Å². The average molecular weight is 225 g/mol. The fourth-order valence-corrected chi connectivity index (χ4v) is 1.69. The van der Waals surface area contributed by atoms with E-state index in [4.69, 9.17) is 5.73 Å². The molecule has 2 amide bonds. The monoisotopic (exact) mass is 225 g/mol. The molecule has 0 saturated heterocycles. The van der Waals surface area contributed by atoms with Crippen molar-refractivity contribution in [3.63, 3.8) is 0 Å². The number of hydrogen-bond acceptors (Lipinski definition) is 2. The van der Waals surface area contributed by atoms with Crippen molar-refractivity contribution in [1.82, 2.24) is 4.90 Å². The molecule has 1 aromatic rings. The van der Waals surface area contributed by atoms with Gasteiger partial charge in [0.1, 0.15) is 23.5 Å². The van der Waals surface area contributed by atoms with E-state index in [1.807, 2.05) is 0 Å². The van der Waals surface area contributed by atoms with Crippen molar-refractivity contribution in [3.8, 4) is 0 Å². The van der Waals surface area contributed by atoms with Gasteiger partial charge >= 0.3 is 6.03 Å². The molecule has 0 fully saturated rings. The lowest BCUT2D eigenvalue weighted by Gasteiger charge is -2.19. The SMILES string of the molecule is CN1C(=O)N=C(N)C1c1cc(F)cc(F)c1. The van der Waals surface area contributed by atoms with Crippen LogP contribution in [0.5, 0.6) is 0 Å². The number of carbonyl (C=O) groups is 1. The van der Waals surface area contributed by atoms with Gasteiger partial charge < -0.3 is 10.6 Å². The maximum absolute atomic E-state index is 13.0. The topological polar surface area (TPSA) is 58.7 Å². The molecule has 1 unspecified atom stereocenters. The molecule has 2 rings (SSSR count). The first-order valence-corrected chi connectivity index (χ1v) is 4.56. The number of urea groups is 1. The molecular formula is C10H9F2N3O. The van der Waals surface area contributed by atoms with Crippen LogP contribution >= 0.6 is 0 Å². The first-order valence-electron chi connectivity index (χ1n) is 4.56. The number of rotatable bonds is 1. The highest BCUT2D eigenvalue weighted by Crippen LogP contribution is 2.26. The standard InChI is InChI=1S/C10H9F2N3O/c1-15-8(9(13)14-10(15)16)5-2-6(11)4-7(12)3-5/h2-4,8H,1H3,(H2,13,14,16). The molecule has 1 aromatic carbocycles. The van der Waals surface area contributed by atoms with E-state index in [0.717, 1.165) is 18.2 Å². The third-order valence-electron chi connectivity index (χ3n) is 2.39. The lowest BCUT2D eigenvalue weighted by atomic mass is 10.1. The zero-order chi connectivity index (χ0) is 11.9. The quantitative estimate of drug-likeness (QED) is 0.785. The number of nitrogens with zero attached hydrogens (tertiary/aromatic N) is 2. The van der Waals surface area contributed by atoms with Crippen LogP contribution < -0.4 is 5.73 Å². The van der Waals surface area contributed by atoms with E-state index in [9.17, 15) is 13.6 Å². The van der Waals surface area contributed by atoms with Crippen molar-refractivity contribution in [2.24, 2.45) is 10.7 Å². The molecule has 0 aliphatic carbocycles. The molecule has 1 aliphatic rings. The molecule has 0 spiro atoms. The Morgan fingerprint density at radius 2 is 1.88 bits per heavy atom. The van der Waals surface area contributed by atoms with Gasteiger partial charge in [-0.3, -0.25) is 0 Å². The van der Waals surface area contributed by atoms with E-state index in [1.165, 1.54) is 11.9 Å². The first-order chi connectivity index (χ1) is 7.49. The Bertz CT molecular complexity index is 467. The lowest BCUT2D eigenvalue weighted by Crippen LogP contribution is -2.30. The van der Waals surface area contributed by atoms with Gasteiger partial charge in [0.15, 0.2) is 0 Å². The van der Waals surface area contributed by atoms with Gasteiger partial charge in [-0.2, -0.15) is 4.99 Å². The molecule has 2 N–H and O–H groups in total. The number of amidine groups is 1. The van der Waals surface area contributed by atoms with Crippen LogP contribution in [0.15, 0.2) is 23.2 Å². The zero-order valence-corrected chi connectivity index (χ0v) is 8.45. The summed E-state index contributed by atoms with van der Waals surface area (Å²) in [6.45, 7) is 0. The van der Waals surface area contributed by atoms with Gasteiger partial charge in [-0.25, -0.2) is 13.6 Å². The number of aliphatic imine (C=N–C) groups is 1. The zero-order valence-electron chi connectivity index (χ0n) is 8.45. The van der Waals surface area contributed by atoms with Crippen molar-refractivity contribution in [2.45, 2.75) is 6.04 Å². The van der Waals surface area contributed by atoms with E-state index in [1.54, 1.807) is 0 Å². The van der Waals surface area contributed by atoms with Gasteiger partial charge in [0.05, 0.1) is 0 Å². The summed E-state index contributed by atoms with van der Waals surface area (Å²) in [5.41, 5.74) is 5.81. The highest BCUT2D eigenvalue weighted by molar-refractivity contribution is 6.03. The summed E-state index contributed by atoms with van der Waals surface area (Å²) in [6.07, 6.45) is 0. The lowest BCUT2D eigenvalue weighted by molar-refractivity contribution is 0.218. The van der Waals surface area contributed by atoms with Gasteiger partial charge in [0.25, 0.3) is 0 Å². The van der Waals surface area contributed by atoms with Gasteiger partial charge in [0.2, 0.25) is 0 Å². The Morgan fingerprint density at radius 1 is 1.31 bits per heavy atom. The molecule has 1 aliphatic heterocycles. The Hall–Kier alpha value is -1.98. The fourth-order valence-electron chi connectivity index (χ4n) is 1.69. The van der Waals surface area contributed by atoms with E-state index < -0.39 is 23.7 Å². The minimum absolute atomic E-state index is 0.0394. The molecule has 1 atom stereocenters. The summed E-state index contributed by atoms with van der Waals surface area (Å²) in [5.74, 6) is -1.39. The third-order valence-corrected chi connectivity index (χ3v) is 2.39. The minimum Gasteiger partial charge on any atom is -0.385 e. The normalized spacial score (nSPS) is 20.2. The van der Waals surface area contributed by atoms with Crippen molar-refractivity contribution < 1.29 is 13.6 Å². The van der Waals surface area contributed by atoms with Crippen LogP contribution in [-0.4, -0.2) is 23.8 Å². The molecular weight excluding hydrogens is 216 g/mol. The van der Waals surface area contributed by atoms with Crippen molar-refractivity contribution in [1.29, 1.82) is 0 Å². The molecule has 1 heterocycles.